The molecule has 19 heavy (non-hydrogen) atoms. The fourth-order valence-electron chi connectivity index (χ4n) is 3.52. The Kier molecular flexibility index (Phi) is 3.31. The summed E-state index contributed by atoms with van der Waals surface area (Å²) in [6.07, 6.45) is 4.60. The maximum absolute atomic E-state index is 12.4. The molecule has 1 aromatic carbocycles. The summed E-state index contributed by atoms with van der Waals surface area (Å²) in [7, 11) is 0. The molecule has 2 fully saturated rings. The van der Waals surface area contributed by atoms with Gasteiger partial charge in [-0.05, 0) is 24.8 Å². The number of carbonyl (C=O) groups excluding carboxylic acids is 1. The van der Waals surface area contributed by atoms with Gasteiger partial charge in [0.1, 0.15) is 5.72 Å². The van der Waals surface area contributed by atoms with Gasteiger partial charge in [-0.2, -0.15) is 0 Å². The van der Waals surface area contributed by atoms with Crippen molar-refractivity contribution in [3.05, 3.63) is 35.9 Å². The number of amides is 1. The zero-order chi connectivity index (χ0) is 13.3. The summed E-state index contributed by atoms with van der Waals surface area (Å²) in [5, 5.41) is 0. The van der Waals surface area contributed by atoms with E-state index in [4.69, 9.17) is 4.74 Å². The van der Waals surface area contributed by atoms with Crippen molar-refractivity contribution in [1.29, 1.82) is 0 Å². The van der Waals surface area contributed by atoms with Crippen LogP contribution in [0.15, 0.2) is 30.3 Å². The van der Waals surface area contributed by atoms with Crippen LogP contribution in [0.2, 0.25) is 0 Å². The van der Waals surface area contributed by atoms with Crippen molar-refractivity contribution in [3.8, 4) is 0 Å². The van der Waals surface area contributed by atoms with E-state index in [2.05, 4.69) is 19.1 Å². The second-order valence-corrected chi connectivity index (χ2v) is 5.55. The standard InChI is InChI=1S/C16H21NO2/c1-2-10-16-11-6-9-15(18)17(16)14(12-19-16)13-7-4-3-5-8-13/h3-5,7-8,14H,2,6,9-12H2,1H3/t14-,16+/m1/s1. The number of benzene rings is 1. The van der Waals surface area contributed by atoms with Gasteiger partial charge in [0, 0.05) is 6.42 Å². The van der Waals surface area contributed by atoms with Crippen LogP contribution in [0, 0.1) is 0 Å². The fraction of sp³-hybridized carbons (Fsp3) is 0.562. The Balaban J connectivity index is 1.94. The summed E-state index contributed by atoms with van der Waals surface area (Å²) in [6, 6.07) is 10.4. The third-order valence-corrected chi connectivity index (χ3v) is 4.31. The highest BCUT2D eigenvalue weighted by molar-refractivity contribution is 5.78. The second-order valence-electron chi connectivity index (χ2n) is 5.55. The molecule has 102 valence electrons. The Morgan fingerprint density at radius 1 is 1.37 bits per heavy atom. The molecule has 1 amide bonds. The van der Waals surface area contributed by atoms with Crippen molar-refractivity contribution in [2.24, 2.45) is 0 Å². The van der Waals surface area contributed by atoms with Gasteiger partial charge in [0.25, 0.3) is 0 Å². The first-order valence-electron chi connectivity index (χ1n) is 7.28. The van der Waals surface area contributed by atoms with E-state index < -0.39 is 0 Å². The van der Waals surface area contributed by atoms with Gasteiger partial charge in [-0.3, -0.25) is 4.79 Å². The minimum Gasteiger partial charge on any atom is -0.353 e. The maximum Gasteiger partial charge on any atom is 0.225 e. The third kappa shape index (κ3) is 2.06. The van der Waals surface area contributed by atoms with E-state index in [0.717, 1.165) is 25.7 Å². The molecule has 0 spiro atoms. The number of hydrogen-bond acceptors (Lipinski definition) is 2. The molecule has 2 aliphatic heterocycles. The number of rotatable bonds is 3. The van der Waals surface area contributed by atoms with E-state index in [1.165, 1.54) is 5.56 Å². The first-order valence-corrected chi connectivity index (χ1v) is 7.28. The summed E-state index contributed by atoms with van der Waals surface area (Å²) in [6.45, 7) is 2.79. The molecule has 0 bridgehead atoms. The van der Waals surface area contributed by atoms with Crippen LogP contribution in [0.5, 0.6) is 0 Å². The number of fused-ring (bicyclic) bond motifs is 1. The molecule has 0 unspecified atom stereocenters. The van der Waals surface area contributed by atoms with Crippen molar-refractivity contribution in [3.63, 3.8) is 0 Å². The molecular weight excluding hydrogens is 238 g/mol. The average Bonchev–Trinajstić information content (AvgIpc) is 2.81. The fourth-order valence-corrected chi connectivity index (χ4v) is 3.52. The number of nitrogens with zero attached hydrogens (tertiary/aromatic N) is 1. The number of carbonyl (C=O) groups is 1. The minimum absolute atomic E-state index is 0.0977. The highest BCUT2D eigenvalue weighted by atomic mass is 16.5. The lowest BCUT2D eigenvalue weighted by atomic mass is 9.92. The molecule has 3 heteroatoms. The molecule has 0 aromatic heterocycles. The van der Waals surface area contributed by atoms with Gasteiger partial charge < -0.3 is 9.64 Å². The topological polar surface area (TPSA) is 29.5 Å². The largest absolute Gasteiger partial charge is 0.353 e. The Morgan fingerprint density at radius 3 is 2.89 bits per heavy atom. The summed E-state index contributed by atoms with van der Waals surface area (Å²) >= 11 is 0. The summed E-state index contributed by atoms with van der Waals surface area (Å²) < 4.78 is 6.13. The molecule has 0 radical (unpaired) electrons. The molecular formula is C16H21NO2. The molecule has 0 aliphatic carbocycles. The van der Waals surface area contributed by atoms with Crippen LogP contribution in [0.25, 0.3) is 0 Å². The average molecular weight is 259 g/mol. The van der Waals surface area contributed by atoms with E-state index >= 15 is 0 Å². The normalized spacial score (nSPS) is 30.5. The summed E-state index contributed by atoms with van der Waals surface area (Å²) in [5.41, 5.74) is 0.862. The summed E-state index contributed by atoms with van der Waals surface area (Å²) in [5.74, 6) is 0.256. The Bertz CT molecular complexity index is 455. The van der Waals surface area contributed by atoms with Crippen molar-refractivity contribution in [2.75, 3.05) is 6.61 Å². The third-order valence-electron chi connectivity index (χ3n) is 4.31. The number of ether oxygens (including phenoxy) is 1. The lowest BCUT2D eigenvalue weighted by molar-refractivity contribution is -0.162. The van der Waals surface area contributed by atoms with Crippen LogP contribution in [0.1, 0.15) is 50.6 Å². The van der Waals surface area contributed by atoms with Crippen LogP contribution < -0.4 is 0 Å². The van der Waals surface area contributed by atoms with Gasteiger partial charge in [0.2, 0.25) is 5.91 Å². The van der Waals surface area contributed by atoms with Crippen molar-refractivity contribution in [1.82, 2.24) is 4.90 Å². The first-order chi connectivity index (χ1) is 9.27. The lowest BCUT2D eigenvalue weighted by Gasteiger charge is -2.42. The summed E-state index contributed by atoms with van der Waals surface area (Å²) in [4.78, 5) is 14.4. The smallest absolute Gasteiger partial charge is 0.225 e. The monoisotopic (exact) mass is 259 g/mol. The van der Waals surface area contributed by atoms with Gasteiger partial charge in [-0.15, -0.1) is 0 Å². The van der Waals surface area contributed by atoms with Crippen LogP contribution in [0.3, 0.4) is 0 Å². The molecule has 3 nitrogen and oxygen atoms in total. The Morgan fingerprint density at radius 2 is 2.16 bits per heavy atom. The van der Waals surface area contributed by atoms with Gasteiger partial charge in [0.05, 0.1) is 12.6 Å². The Hall–Kier alpha value is -1.35. The first kappa shape index (κ1) is 12.7. The molecule has 2 saturated heterocycles. The molecule has 3 rings (SSSR count). The molecule has 2 heterocycles. The second kappa shape index (κ2) is 4.97. The zero-order valence-electron chi connectivity index (χ0n) is 11.5. The van der Waals surface area contributed by atoms with E-state index in [1.54, 1.807) is 0 Å². The van der Waals surface area contributed by atoms with Gasteiger partial charge in [0.15, 0.2) is 0 Å². The molecule has 2 aliphatic rings. The minimum atomic E-state index is -0.329. The highest BCUT2D eigenvalue weighted by Gasteiger charge is 2.51. The van der Waals surface area contributed by atoms with Crippen molar-refractivity contribution in [2.45, 2.75) is 50.8 Å². The molecule has 0 saturated carbocycles. The molecule has 0 N–H and O–H groups in total. The molecule has 2 atom stereocenters. The van der Waals surface area contributed by atoms with Crippen LogP contribution in [-0.2, 0) is 9.53 Å². The van der Waals surface area contributed by atoms with E-state index in [-0.39, 0.29) is 17.7 Å². The Labute approximate surface area is 114 Å². The van der Waals surface area contributed by atoms with Crippen LogP contribution in [-0.4, -0.2) is 23.1 Å². The van der Waals surface area contributed by atoms with Crippen LogP contribution in [0.4, 0.5) is 0 Å². The highest BCUT2D eigenvalue weighted by Crippen LogP contribution is 2.45. The van der Waals surface area contributed by atoms with Gasteiger partial charge >= 0.3 is 0 Å². The van der Waals surface area contributed by atoms with Crippen molar-refractivity contribution < 1.29 is 9.53 Å². The number of hydrogen-bond donors (Lipinski definition) is 0. The predicted octanol–water partition coefficient (Wildman–Crippen LogP) is 3.27. The SMILES string of the molecule is CCC[C@]12CCCC(=O)N1[C@@H](c1ccccc1)CO2. The van der Waals surface area contributed by atoms with E-state index in [9.17, 15) is 4.79 Å². The predicted molar refractivity (Wildman–Crippen MR) is 73.5 cm³/mol. The lowest BCUT2D eigenvalue weighted by Crippen LogP contribution is -2.51. The maximum atomic E-state index is 12.4. The van der Waals surface area contributed by atoms with E-state index in [0.29, 0.717) is 13.0 Å². The van der Waals surface area contributed by atoms with Gasteiger partial charge in [-0.1, -0.05) is 43.7 Å². The molecule has 1 aromatic rings. The zero-order valence-corrected chi connectivity index (χ0v) is 11.5. The van der Waals surface area contributed by atoms with Crippen molar-refractivity contribution >= 4 is 5.91 Å². The van der Waals surface area contributed by atoms with Crippen LogP contribution >= 0.6 is 0 Å². The number of piperidine rings is 1. The quantitative estimate of drug-likeness (QED) is 0.833. The van der Waals surface area contributed by atoms with E-state index in [1.807, 2.05) is 23.1 Å². The van der Waals surface area contributed by atoms with Gasteiger partial charge in [-0.25, -0.2) is 0 Å².